The van der Waals surface area contributed by atoms with Crippen LogP contribution in [-0.4, -0.2) is 51.2 Å². The van der Waals surface area contributed by atoms with E-state index in [0.717, 1.165) is 53.2 Å². The zero-order valence-corrected chi connectivity index (χ0v) is 19.1. The number of thioether (sulfide) groups is 1. The molecule has 3 heterocycles. The average molecular weight is 464 g/mol. The van der Waals surface area contributed by atoms with Crippen molar-refractivity contribution in [3.8, 4) is 17.1 Å². The first-order chi connectivity index (χ1) is 16.2. The zero-order valence-electron chi connectivity index (χ0n) is 18.3. The number of fused-ring (bicyclic) bond motifs is 1. The van der Waals surface area contributed by atoms with E-state index in [9.17, 15) is 4.79 Å². The van der Waals surface area contributed by atoms with Crippen LogP contribution in [0, 0.1) is 0 Å². The number of nitrogens with zero attached hydrogens (tertiary/aromatic N) is 3. The van der Waals surface area contributed by atoms with E-state index in [1.165, 1.54) is 11.8 Å². The van der Waals surface area contributed by atoms with Gasteiger partial charge in [-0.1, -0.05) is 30.0 Å². The molecule has 2 N–H and O–H groups in total. The summed E-state index contributed by atoms with van der Waals surface area (Å²) in [5, 5.41) is 13.6. The molecular formula is C24H25N5O3S. The number of carbonyl (C=O) groups excluding carboxylic acids is 1. The molecule has 2 aromatic heterocycles. The fraction of sp³-hybridized carbons (Fsp3) is 0.292. The summed E-state index contributed by atoms with van der Waals surface area (Å²) in [6.07, 6.45) is 4.15. The standard InChI is InChI=1S/C24H25N5O3S/c1-31-17-10-8-16(9-11-17)26-22(30)15-33-24-28-27-23(29(24)14-18-5-4-12-32-18)20-13-25-21-7-3-2-6-19(20)21/h2-3,6-11,13,18,25H,4-5,12,14-15H2,1H3,(H,26,30). The van der Waals surface area contributed by atoms with Crippen LogP contribution >= 0.6 is 11.8 Å². The number of hydrogen-bond acceptors (Lipinski definition) is 6. The fourth-order valence-electron chi connectivity index (χ4n) is 4.01. The maximum Gasteiger partial charge on any atom is 0.234 e. The number of anilines is 1. The predicted molar refractivity (Wildman–Crippen MR) is 129 cm³/mol. The lowest BCUT2D eigenvalue weighted by molar-refractivity contribution is -0.113. The lowest BCUT2D eigenvalue weighted by atomic mass is 10.1. The van der Waals surface area contributed by atoms with Crippen molar-refractivity contribution in [2.45, 2.75) is 30.6 Å². The Kier molecular flexibility index (Phi) is 6.32. The number of para-hydroxylation sites is 1. The molecule has 0 radical (unpaired) electrons. The van der Waals surface area contributed by atoms with Crippen LogP contribution in [0.5, 0.6) is 5.75 Å². The van der Waals surface area contributed by atoms with Crippen LogP contribution < -0.4 is 10.1 Å². The summed E-state index contributed by atoms with van der Waals surface area (Å²) < 4.78 is 13.1. The molecule has 1 unspecified atom stereocenters. The average Bonchev–Trinajstić information content (AvgIpc) is 3.59. The molecule has 1 atom stereocenters. The van der Waals surface area contributed by atoms with Gasteiger partial charge in [-0.05, 0) is 43.2 Å². The quantitative estimate of drug-likeness (QED) is 0.378. The van der Waals surface area contributed by atoms with Gasteiger partial charge in [-0.25, -0.2) is 0 Å². The molecule has 1 aliphatic heterocycles. The highest BCUT2D eigenvalue weighted by atomic mass is 32.2. The molecule has 0 bridgehead atoms. The summed E-state index contributed by atoms with van der Waals surface area (Å²) in [5.41, 5.74) is 2.76. The number of amides is 1. The summed E-state index contributed by atoms with van der Waals surface area (Å²) >= 11 is 1.38. The number of nitrogens with one attached hydrogen (secondary N) is 2. The number of hydrogen-bond donors (Lipinski definition) is 2. The van der Waals surface area contributed by atoms with Crippen LogP contribution in [0.25, 0.3) is 22.3 Å². The largest absolute Gasteiger partial charge is 0.497 e. The van der Waals surface area contributed by atoms with Gasteiger partial charge in [0.05, 0.1) is 25.5 Å². The molecule has 9 heteroatoms. The van der Waals surface area contributed by atoms with E-state index in [-0.39, 0.29) is 17.8 Å². The Balaban J connectivity index is 1.35. The van der Waals surface area contributed by atoms with E-state index >= 15 is 0 Å². The molecule has 1 amide bonds. The highest BCUT2D eigenvalue weighted by Gasteiger charge is 2.23. The van der Waals surface area contributed by atoms with Gasteiger partial charge in [0.25, 0.3) is 0 Å². The summed E-state index contributed by atoms with van der Waals surface area (Å²) in [6, 6.07) is 15.4. The van der Waals surface area contributed by atoms with Gasteiger partial charge in [0.15, 0.2) is 11.0 Å². The number of carbonyl (C=O) groups is 1. The number of H-pyrrole nitrogens is 1. The van der Waals surface area contributed by atoms with Crippen molar-refractivity contribution in [1.82, 2.24) is 19.7 Å². The lowest BCUT2D eigenvalue weighted by Gasteiger charge is -2.14. The highest BCUT2D eigenvalue weighted by molar-refractivity contribution is 7.99. The van der Waals surface area contributed by atoms with E-state index in [4.69, 9.17) is 9.47 Å². The normalized spacial score (nSPS) is 15.7. The molecule has 1 saturated heterocycles. The fourth-order valence-corrected chi connectivity index (χ4v) is 4.76. The second-order valence-electron chi connectivity index (χ2n) is 7.87. The minimum Gasteiger partial charge on any atom is -0.497 e. The predicted octanol–water partition coefficient (Wildman–Crippen LogP) is 4.34. The van der Waals surface area contributed by atoms with Gasteiger partial charge in [0.2, 0.25) is 5.91 Å². The Morgan fingerprint density at radius 1 is 1.24 bits per heavy atom. The Hall–Kier alpha value is -3.30. The molecule has 8 nitrogen and oxygen atoms in total. The molecule has 170 valence electrons. The van der Waals surface area contributed by atoms with E-state index in [1.807, 2.05) is 48.7 Å². The van der Waals surface area contributed by atoms with Gasteiger partial charge in [0.1, 0.15) is 5.75 Å². The molecule has 33 heavy (non-hydrogen) atoms. The number of benzene rings is 2. The van der Waals surface area contributed by atoms with Crippen molar-refractivity contribution in [1.29, 1.82) is 0 Å². The van der Waals surface area contributed by atoms with Crippen molar-refractivity contribution in [3.63, 3.8) is 0 Å². The summed E-state index contributed by atoms with van der Waals surface area (Å²) in [5.74, 6) is 1.64. The SMILES string of the molecule is COc1ccc(NC(=O)CSc2nnc(-c3c[nH]c4ccccc34)n2CC2CCCO2)cc1. The number of ether oxygens (including phenoxy) is 2. The van der Waals surface area contributed by atoms with Crippen LogP contribution in [0.2, 0.25) is 0 Å². The maximum absolute atomic E-state index is 12.6. The van der Waals surface area contributed by atoms with Crippen LogP contribution in [0.1, 0.15) is 12.8 Å². The number of aromatic amines is 1. The topological polar surface area (TPSA) is 94.1 Å². The minimum atomic E-state index is -0.106. The summed E-state index contributed by atoms with van der Waals surface area (Å²) in [7, 11) is 1.61. The Morgan fingerprint density at radius 3 is 2.88 bits per heavy atom. The van der Waals surface area contributed by atoms with Crippen LogP contribution in [0.15, 0.2) is 59.9 Å². The molecular weight excluding hydrogens is 438 g/mol. The van der Waals surface area contributed by atoms with Crippen molar-refractivity contribution >= 4 is 34.3 Å². The second-order valence-corrected chi connectivity index (χ2v) is 8.81. The van der Waals surface area contributed by atoms with Gasteiger partial charge in [0, 0.05) is 35.0 Å². The molecule has 5 rings (SSSR count). The van der Waals surface area contributed by atoms with Crippen LogP contribution in [0.3, 0.4) is 0 Å². The third-order valence-corrected chi connectivity index (χ3v) is 6.63. The Labute approximate surface area is 195 Å². The first-order valence-electron chi connectivity index (χ1n) is 10.9. The Bertz CT molecular complexity index is 1240. The molecule has 0 aliphatic carbocycles. The smallest absolute Gasteiger partial charge is 0.234 e. The molecule has 0 saturated carbocycles. The van der Waals surface area contributed by atoms with Gasteiger partial charge < -0.3 is 19.8 Å². The number of methoxy groups -OCH3 is 1. The monoisotopic (exact) mass is 463 g/mol. The molecule has 0 spiro atoms. The van der Waals surface area contributed by atoms with Crippen molar-refractivity contribution < 1.29 is 14.3 Å². The van der Waals surface area contributed by atoms with E-state index in [1.54, 1.807) is 7.11 Å². The zero-order chi connectivity index (χ0) is 22.6. The van der Waals surface area contributed by atoms with Gasteiger partial charge in [-0.3, -0.25) is 9.36 Å². The first kappa shape index (κ1) is 21.5. The van der Waals surface area contributed by atoms with E-state index < -0.39 is 0 Å². The third kappa shape index (κ3) is 4.74. The third-order valence-electron chi connectivity index (χ3n) is 5.66. The Morgan fingerprint density at radius 2 is 2.09 bits per heavy atom. The van der Waals surface area contributed by atoms with Gasteiger partial charge in [-0.15, -0.1) is 10.2 Å². The molecule has 1 aliphatic rings. The second kappa shape index (κ2) is 9.68. The minimum absolute atomic E-state index is 0.106. The van der Waals surface area contributed by atoms with E-state index in [2.05, 4.69) is 31.1 Å². The first-order valence-corrected chi connectivity index (χ1v) is 11.9. The van der Waals surface area contributed by atoms with E-state index in [0.29, 0.717) is 11.7 Å². The molecule has 4 aromatic rings. The summed E-state index contributed by atoms with van der Waals surface area (Å²) in [6.45, 7) is 1.44. The molecule has 2 aromatic carbocycles. The maximum atomic E-state index is 12.6. The van der Waals surface area contributed by atoms with Crippen LogP contribution in [0.4, 0.5) is 5.69 Å². The lowest BCUT2D eigenvalue weighted by Crippen LogP contribution is -2.18. The summed E-state index contributed by atoms with van der Waals surface area (Å²) in [4.78, 5) is 15.9. The van der Waals surface area contributed by atoms with Crippen molar-refractivity contribution in [3.05, 3.63) is 54.7 Å². The molecule has 1 fully saturated rings. The van der Waals surface area contributed by atoms with Crippen molar-refractivity contribution in [2.24, 2.45) is 0 Å². The highest BCUT2D eigenvalue weighted by Crippen LogP contribution is 2.31. The van der Waals surface area contributed by atoms with Gasteiger partial charge >= 0.3 is 0 Å². The number of rotatable bonds is 8. The van der Waals surface area contributed by atoms with Gasteiger partial charge in [-0.2, -0.15) is 0 Å². The number of aromatic nitrogens is 4. The van der Waals surface area contributed by atoms with Crippen LogP contribution in [-0.2, 0) is 16.1 Å². The van der Waals surface area contributed by atoms with Crippen molar-refractivity contribution in [2.75, 3.05) is 24.8 Å².